The molecule has 0 saturated heterocycles. The van der Waals surface area contributed by atoms with Crippen LogP contribution in [0.25, 0.3) is 0 Å². The number of rotatable bonds is 5. The quantitative estimate of drug-likeness (QED) is 0.593. The van der Waals surface area contributed by atoms with Gasteiger partial charge in [0, 0.05) is 48.9 Å². The van der Waals surface area contributed by atoms with Crippen LogP contribution in [0.3, 0.4) is 0 Å². The van der Waals surface area contributed by atoms with Crippen molar-refractivity contribution >= 4 is 23.2 Å². The number of nitrogens with zero attached hydrogens (tertiary/aromatic N) is 3. The summed E-state index contributed by atoms with van der Waals surface area (Å²) in [5.41, 5.74) is 3.31. The number of carbonyl (C=O) groups excluding carboxylic acids is 1. The van der Waals surface area contributed by atoms with Gasteiger partial charge >= 0.3 is 0 Å². The van der Waals surface area contributed by atoms with Gasteiger partial charge in [0.2, 0.25) is 0 Å². The van der Waals surface area contributed by atoms with Crippen molar-refractivity contribution in [3.05, 3.63) is 54.0 Å². The summed E-state index contributed by atoms with van der Waals surface area (Å²) in [6.45, 7) is 9.24. The number of imidazole rings is 1. The molecule has 132 valence electrons. The maximum Gasteiger partial charge on any atom is 0.170 e. The molecule has 0 amide bonds. The zero-order valence-corrected chi connectivity index (χ0v) is 16.3. The molecule has 0 bridgehead atoms. The molecule has 0 saturated carbocycles. The highest BCUT2D eigenvalue weighted by Gasteiger charge is 2.38. The summed E-state index contributed by atoms with van der Waals surface area (Å²) in [4.78, 5) is 19.3. The largest absolute Gasteiger partial charge is 0.347 e. The second-order valence-electron chi connectivity index (χ2n) is 6.89. The van der Waals surface area contributed by atoms with Crippen molar-refractivity contribution in [2.45, 2.75) is 50.1 Å². The van der Waals surface area contributed by atoms with E-state index in [0.717, 1.165) is 17.4 Å². The Morgan fingerprint density at radius 1 is 1.36 bits per heavy atom. The van der Waals surface area contributed by atoms with E-state index in [-0.39, 0.29) is 16.4 Å². The number of thioether (sulfide) groups is 1. The molecule has 0 radical (unpaired) electrons. The molecular weight excluding hydrogens is 330 g/mol. The lowest BCUT2D eigenvalue weighted by Crippen LogP contribution is -2.25. The molecular formula is C20H25N3OS. The molecule has 1 atom stereocenters. The molecule has 0 aliphatic carbocycles. The fourth-order valence-electron chi connectivity index (χ4n) is 3.38. The van der Waals surface area contributed by atoms with E-state index in [9.17, 15) is 4.79 Å². The number of fused-ring (bicyclic) bond motifs is 1. The normalized spacial score (nSPS) is 18.4. The number of para-hydroxylation sites is 1. The lowest BCUT2D eigenvalue weighted by Gasteiger charge is -2.24. The minimum atomic E-state index is -0.173. The number of aromatic nitrogens is 2. The van der Waals surface area contributed by atoms with E-state index in [2.05, 4.69) is 53.4 Å². The van der Waals surface area contributed by atoms with Gasteiger partial charge in [0.1, 0.15) is 0 Å². The van der Waals surface area contributed by atoms with Gasteiger partial charge in [-0.2, -0.15) is 0 Å². The van der Waals surface area contributed by atoms with Gasteiger partial charge in [0.05, 0.1) is 5.25 Å². The van der Waals surface area contributed by atoms with Crippen LogP contribution in [0, 0.1) is 0 Å². The van der Waals surface area contributed by atoms with Gasteiger partial charge in [-0.25, -0.2) is 4.98 Å². The Hall–Kier alpha value is -2.01. The first-order valence-electron chi connectivity index (χ1n) is 8.63. The van der Waals surface area contributed by atoms with Crippen LogP contribution in [-0.4, -0.2) is 27.6 Å². The standard InChI is InChI=1S/C20H25N3OS/c1-6-23-12-11-21-19(23)25-14(2)17(24)13-18-20(3,4)15-9-7-8-10-16(15)22(18)5/h7-14H,6H2,1-5H3/b18-13+. The van der Waals surface area contributed by atoms with E-state index < -0.39 is 0 Å². The van der Waals surface area contributed by atoms with E-state index in [0.29, 0.717) is 0 Å². The molecule has 1 aliphatic rings. The van der Waals surface area contributed by atoms with E-state index in [1.165, 1.54) is 23.0 Å². The molecule has 1 aliphatic heterocycles. The highest BCUT2D eigenvalue weighted by Crippen LogP contribution is 2.46. The molecule has 0 spiro atoms. The predicted molar refractivity (Wildman–Crippen MR) is 104 cm³/mol. The molecule has 0 N–H and O–H groups in total. The van der Waals surface area contributed by atoms with Crippen LogP contribution in [-0.2, 0) is 16.8 Å². The second kappa shape index (κ2) is 6.71. The Morgan fingerprint density at radius 3 is 2.76 bits per heavy atom. The summed E-state index contributed by atoms with van der Waals surface area (Å²) >= 11 is 1.52. The van der Waals surface area contributed by atoms with Gasteiger partial charge in [-0.05, 0) is 25.5 Å². The molecule has 1 aromatic heterocycles. The van der Waals surface area contributed by atoms with Gasteiger partial charge in [0.15, 0.2) is 10.9 Å². The van der Waals surface area contributed by atoms with Gasteiger partial charge < -0.3 is 9.47 Å². The Bertz CT molecular complexity index is 822. The van der Waals surface area contributed by atoms with Gasteiger partial charge in [-0.15, -0.1) is 0 Å². The number of allylic oxidation sites excluding steroid dienone is 2. The summed E-state index contributed by atoms with van der Waals surface area (Å²) in [7, 11) is 2.04. The van der Waals surface area contributed by atoms with Crippen molar-refractivity contribution < 1.29 is 4.79 Å². The van der Waals surface area contributed by atoms with Crippen LogP contribution < -0.4 is 4.90 Å². The second-order valence-corrected chi connectivity index (χ2v) is 8.20. The van der Waals surface area contributed by atoms with E-state index >= 15 is 0 Å². The maximum atomic E-state index is 12.8. The van der Waals surface area contributed by atoms with E-state index in [1.54, 1.807) is 6.20 Å². The monoisotopic (exact) mass is 355 g/mol. The Labute approximate surface area is 153 Å². The number of likely N-dealkylation sites (N-methyl/N-ethyl adjacent to an activating group) is 1. The number of aryl methyl sites for hydroxylation is 1. The number of anilines is 1. The van der Waals surface area contributed by atoms with Crippen LogP contribution in [0.5, 0.6) is 0 Å². The minimum absolute atomic E-state index is 0.124. The van der Waals surface area contributed by atoms with Crippen molar-refractivity contribution in [3.63, 3.8) is 0 Å². The third-order valence-electron chi connectivity index (χ3n) is 4.92. The molecule has 0 fully saturated rings. The van der Waals surface area contributed by atoms with Crippen LogP contribution in [0.4, 0.5) is 5.69 Å². The van der Waals surface area contributed by atoms with Crippen molar-refractivity contribution in [1.29, 1.82) is 0 Å². The SMILES string of the molecule is CCn1ccnc1SC(C)C(=O)/C=C1/N(C)c2ccccc2C1(C)C. The number of hydrogen-bond acceptors (Lipinski definition) is 4. The predicted octanol–water partition coefficient (Wildman–Crippen LogP) is 4.26. The summed E-state index contributed by atoms with van der Waals surface area (Å²) in [5.74, 6) is 0.124. The fraction of sp³-hybridized carbons (Fsp3) is 0.400. The zero-order chi connectivity index (χ0) is 18.2. The molecule has 4 nitrogen and oxygen atoms in total. The molecule has 2 heterocycles. The van der Waals surface area contributed by atoms with Crippen LogP contribution >= 0.6 is 11.8 Å². The van der Waals surface area contributed by atoms with Crippen molar-refractivity contribution in [2.24, 2.45) is 0 Å². The lowest BCUT2D eigenvalue weighted by atomic mass is 9.83. The summed E-state index contributed by atoms with van der Waals surface area (Å²) in [6, 6.07) is 8.35. The summed E-state index contributed by atoms with van der Waals surface area (Å²) in [6.07, 6.45) is 5.55. The first kappa shape index (κ1) is 17.8. The van der Waals surface area contributed by atoms with E-state index in [4.69, 9.17) is 0 Å². The Balaban J connectivity index is 1.84. The molecule has 2 aromatic rings. The highest BCUT2D eigenvalue weighted by atomic mass is 32.2. The van der Waals surface area contributed by atoms with Gasteiger partial charge in [-0.1, -0.05) is 43.8 Å². The average molecular weight is 356 g/mol. The summed E-state index contributed by atoms with van der Waals surface area (Å²) in [5, 5.41) is 0.720. The van der Waals surface area contributed by atoms with Gasteiger partial charge in [-0.3, -0.25) is 4.79 Å². The maximum absolute atomic E-state index is 12.8. The fourth-order valence-corrected chi connectivity index (χ4v) is 4.33. The molecule has 1 unspecified atom stereocenters. The Morgan fingerprint density at radius 2 is 2.08 bits per heavy atom. The first-order chi connectivity index (χ1) is 11.9. The molecule has 5 heteroatoms. The Kier molecular flexibility index (Phi) is 4.78. The van der Waals surface area contributed by atoms with Crippen LogP contribution in [0.2, 0.25) is 0 Å². The average Bonchev–Trinajstić information content (AvgIpc) is 3.12. The smallest absolute Gasteiger partial charge is 0.170 e. The topological polar surface area (TPSA) is 38.1 Å². The number of carbonyl (C=O) groups is 1. The van der Waals surface area contributed by atoms with Crippen LogP contribution in [0.15, 0.2) is 53.6 Å². The molecule has 1 aromatic carbocycles. The minimum Gasteiger partial charge on any atom is -0.347 e. The lowest BCUT2D eigenvalue weighted by molar-refractivity contribution is -0.114. The summed E-state index contributed by atoms with van der Waals surface area (Å²) < 4.78 is 2.06. The number of benzene rings is 1. The number of hydrogen-bond donors (Lipinski definition) is 0. The third-order valence-corrected chi connectivity index (χ3v) is 6.06. The van der Waals surface area contributed by atoms with E-state index in [1.807, 2.05) is 32.3 Å². The van der Waals surface area contributed by atoms with Crippen molar-refractivity contribution in [1.82, 2.24) is 9.55 Å². The molecule has 3 rings (SSSR count). The molecule has 25 heavy (non-hydrogen) atoms. The third kappa shape index (κ3) is 3.13. The van der Waals surface area contributed by atoms with Crippen LogP contribution in [0.1, 0.15) is 33.3 Å². The first-order valence-corrected chi connectivity index (χ1v) is 9.51. The zero-order valence-electron chi connectivity index (χ0n) is 15.5. The van der Waals surface area contributed by atoms with Gasteiger partial charge in [0.25, 0.3) is 0 Å². The highest BCUT2D eigenvalue weighted by molar-refractivity contribution is 8.00. The van der Waals surface area contributed by atoms with Crippen molar-refractivity contribution in [3.8, 4) is 0 Å². The number of ketones is 1. The van der Waals surface area contributed by atoms with Crippen molar-refractivity contribution in [2.75, 3.05) is 11.9 Å².